The maximum absolute atomic E-state index is 11.5. The van der Waals surface area contributed by atoms with E-state index in [0.29, 0.717) is 6.10 Å². The van der Waals surface area contributed by atoms with Gasteiger partial charge in [0.15, 0.2) is 0 Å². The van der Waals surface area contributed by atoms with Crippen molar-refractivity contribution < 1.29 is 9.53 Å². The fourth-order valence-electron chi connectivity index (χ4n) is 2.02. The van der Waals surface area contributed by atoms with Crippen molar-refractivity contribution in [1.29, 1.82) is 0 Å². The minimum Gasteiger partial charge on any atom is -0.378 e. The van der Waals surface area contributed by atoms with Gasteiger partial charge in [-0.3, -0.25) is 4.79 Å². The van der Waals surface area contributed by atoms with Gasteiger partial charge in [0, 0.05) is 13.2 Å². The Morgan fingerprint density at radius 2 is 2.12 bits per heavy atom. The fraction of sp³-hybridized carbons (Fsp3) is 0.923. The van der Waals surface area contributed by atoms with E-state index in [1.54, 1.807) is 11.8 Å². The van der Waals surface area contributed by atoms with Gasteiger partial charge in [0.1, 0.15) is 0 Å². The molecule has 0 heterocycles. The topological polar surface area (TPSA) is 38.3 Å². The predicted molar refractivity (Wildman–Crippen MR) is 73.4 cm³/mol. The minimum atomic E-state index is 0.0502. The van der Waals surface area contributed by atoms with Crippen LogP contribution >= 0.6 is 11.8 Å². The van der Waals surface area contributed by atoms with Gasteiger partial charge in [0.05, 0.1) is 11.4 Å². The molecule has 0 radical (unpaired) electrons. The van der Waals surface area contributed by atoms with E-state index in [2.05, 4.69) is 5.32 Å². The molecule has 1 N–H and O–H groups in total. The van der Waals surface area contributed by atoms with E-state index >= 15 is 0 Å². The van der Waals surface area contributed by atoms with E-state index in [4.69, 9.17) is 4.74 Å². The van der Waals surface area contributed by atoms with Crippen LogP contribution < -0.4 is 5.32 Å². The summed E-state index contributed by atoms with van der Waals surface area (Å²) in [6.07, 6.45) is 9.78. The molecule has 1 rings (SSSR count). The van der Waals surface area contributed by atoms with E-state index in [0.717, 1.165) is 19.6 Å². The molecular weight excluding hydrogens is 234 g/mol. The predicted octanol–water partition coefficient (Wildman–Crippen LogP) is 2.59. The van der Waals surface area contributed by atoms with Crippen molar-refractivity contribution in [2.24, 2.45) is 0 Å². The zero-order valence-electron chi connectivity index (χ0n) is 11.0. The molecule has 1 saturated carbocycles. The van der Waals surface area contributed by atoms with Crippen molar-refractivity contribution in [3.05, 3.63) is 0 Å². The number of thioether (sulfide) groups is 1. The van der Waals surface area contributed by atoms with E-state index in [1.165, 1.54) is 32.1 Å². The number of nitrogens with one attached hydrogen (secondary N) is 1. The molecule has 4 heteroatoms. The lowest BCUT2D eigenvalue weighted by atomic mass is 9.98. The van der Waals surface area contributed by atoms with Crippen LogP contribution in [0.3, 0.4) is 0 Å². The van der Waals surface area contributed by atoms with Crippen LogP contribution in [-0.2, 0) is 9.53 Å². The Morgan fingerprint density at radius 3 is 2.76 bits per heavy atom. The molecule has 0 saturated heterocycles. The molecule has 17 heavy (non-hydrogen) atoms. The van der Waals surface area contributed by atoms with Gasteiger partial charge in [-0.25, -0.2) is 0 Å². The van der Waals surface area contributed by atoms with Crippen molar-refractivity contribution in [3.8, 4) is 0 Å². The first-order chi connectivity index (χ1) is 8.24. The van der Waals surface area contributed by atoms with Crippen molar-refractivity contribution in [2.75, 3.05) is 19.4 Å². The summed E-state index contributed by atoms with van der Waals surface area (Å²) in [4.78, 5) is 11.5. The van der Waals surface area contributed by atoms with Crippen molar-refractivity contribution >= 4 is 17.7 Å². The number of carbonyl (C=O) groups is 1. The van der Waals surface area contributed by atoms with Crippen molar-refractivity contribution in [2.45, 2.75) is 56.8 Å². The first-order valence-corrected chi connectivity index (χ1v) is 7.95. The van der Waals surface area contributed by atoms with Gasteiger partial charge in [-0.2, -0.15) is 11.8 Å². The second kappa shape index (κ2) is 8.81. The Labute approximate surface area is 109 Å². The van der Waals surface area contributed by atoms with Crippen LogP contribution in [0.4, 0.5) is 0 Å². The maximum Gasteiger partial charge on any atom is 0.232 e. The van der Waals surface area contributed by atoms with Crippen LogP contribution in [0.25, 0.3) is 0 Å². The molecule has 0 unspecified atom stereocenters. The average Bonchev–Trinajstić information content (AvgIpc) is 2.38. The van der Waals surface area contributed by atoms with Gasteiger partial charge in [0.2, 0.25) is 5.91 Å². The van der Waals surface area contributed by atoms with E-state index in [-0.39, 0.29) is 11.2 Å². The number of hydrogen-bond donors (Lipinski definition) is 1. The molecule has 1 amide bonds. The lowest BCUT2D eigenvalue weighted by Gasteiger charge is -2.22. The maximum atomic E-state index is 11.5. The quantitative estimate of drug-likeness (QED) is 0.714. The van der Waals surface area contributed by atoms with Crippen LogP contribution in [-0.4, -0.2) is 36.7 Å². The normalized spacial score (nSPS) is 18.9. The van der Waals surface area contributed by atoms with Crippen LogP contribution in [0, 0.1) is 0 Å². The SMILES string of the molecule is CS[C@@H](C)C(=O)NCCCOC1CCCCC1. The van der Waals surface area contributed by atoms with Gasteiger partial charge in [-0.05, 0) is 32.4 Å². The molecule has 0 bridgehead atoms. The van der Waals surface area contributed by atoms with Crippen LogP contribution in [0.15, 0.2) is 0 Å². The first kappa shape index (κ1) is 14.8. The Balaban J connectivity index is 1.95. The van der Waals surface area contributed by atoms with E-state index in [9.17, 15) is 4.79 Å². The van der Waals surface area contributed by atoms with E-state index < -0.39 is 0 Å². The third kappa shape index (κ3) is 6.32. The Morgan fingerprint density at radius 1 is 1.41 bits per heavy atom. The molecular formula is C13H25NO2S. The Hall–Kier alpha value is -0.220. The molecule has 0 spiro atoms. The highest BCUT2D eigenvalue weighted by Gasteiger charge is 2.13. The summed E-state index contributed by atoms with van der Waals surface area (Å²) in [6.45, 7) is 3.44. The molecule has 1 aliphatic carbocycles. The summed E-state index contributed by atoms with van der Waals surface area (Å²) in [5, 5.41) is 2.98. The summed E-state index contributed by atoms with van der Waals surface area (Å²) >= 11 is 1.58. The van der Waals surface area contributed by atoms with Gasteiger partial charge < -0.3 is 10.1 Å². The monoisotopic (exact) mass is 259 g/mol. The van der Waals surface area contributed by atoms with E-state index in [1.807, 2.05) is 13.2 Å². The van der Waals surface area contributed by atoms with Gasteiger partial charge in [-0.1, -0.05) is 19.3 Å². The molecule has 0 aliphatic heterocycles. The molecule has 1 aliphatic rings. The summed E-state index contributed by atoms with van der Waals surface area (Å²) in [5.74, 6) is 0.134. The van der Waals surface area contributed by atoms with Crippen molar-refractivity contribution in [1.82, 2.24) is 5.32 Å². The number of rotatable bonds is 7. The Kier molecular flexibility index (Phi) is 7.69. The zero-order chi connectivity index (χ0) is 12.5. The molecule has 3 nitrogen and oxygen atoms in total. The standard InChI is InChI=1S/C13H25NO2S/c1-11(17-2)13(15)14-9-6-10-16-12-7-4-3-5-8-12/h11-12H,3-10H2,1-2H3,(H,14,15)/t11-/m0/s1. The second-order valence-electron chi connectivity index (χ2n) is 4.65. The molecule has 0 aromatic rings. The number of hydrogen-bond acceptors (Lipinski definition) is 3. The van der Waals surface area contributed by atoms with Crippen LogP contribution in [0.2, 0.25) is 0 Å². The lowest BCUT2D eigenvalue weighted by molar-refractivity contribution is -0.120. The summed E-state index contributed by atoms with van der Waals surface area (Å²) in [7, 11) is 0. The third-order valence-electron chi connectivity index (χ3n) is 3.25. The third-order valence-corrected chi connectivity index (χ3v) is 4.17. The molecule has 0 aromatic heterocycles. The van der Waals surface area contributed by atoms with Gasteiger partial charge in [0.25, 0.3) is 0 Å². The van der Waals surface area contributed by atoms with Gasteiger partial charge in [-0.15, -0.1) is 0 Å². The highest BCUT2D eigenvalue weighted by Crippen LogP contribution is 2.20. The number of amides is 1. The Bertz CT molecular complexity index is 217. The summed E-state index contributed by atoms with van der Waals surface area (Å²) in [5.41, 5.74) is 0. The average molecular weight is 259 g/mol. The minimum absolute atomic E-state index is 0.0502. The number of ether oxygens (including phenoxy) is 1. The fourth-order valence-corrected chi connectivity index (χ4v) is 2.31. The summed E-state index contributed by atoms with van der Waals surface area (Å²) in [6, 6.07) is 0. The second-order valence-corrected chi connectivity index (χ2v) is 5.83. The van der Waals surface area contributed by atoms with Crippen LogP contribution in [0.5, 0.6) is 0 Å². The molecule has 1 fully saturated rings. The van der Waals surface area contributed by atoms with Crippen LogP contribution in [0.1, 0.15) is 45.4 Å². The molecule has 0 aromatic carbocycles. The lowest BCUT2D eigenvalue weighted by Crippen LogP contribution is -2.32. The van der Waals surface area contributed by atoms with Gasteiger partial charge >= 0.3 is 0 Å². The highest BCUT2D eigenvalue weighted by molar-refractivity contribution is 7.99. The number of carbonyl (C=O) groups excluding carboxylic acids is 1. The zero-order valence-corrected chi connectivity index (χ0v) is 11.9. The molecule has 1 atom stereocenters. The summed E-state index contributed by atoms with van der Waals surface area (Å²) < 4.78 is 5.80. The molecule has 100 valence electrons. The largest absolute Gasteiger partial charge is 0.378 e. The smallest absolute Gasteiger partial charge is 0.232 e. The first-order valence-electron chi connectivity index (χ1n) is 6.66. The van der Waals surface area contributed by atoms with Crippen molar-refractivity contribution in [3.63, 3.8) is 0 Å². The highest BCUT2D eigenvalue weighted by atomic mass is 32.2.